The lowest BCUT2D eigenvalue weighted by molar-refractivity contribution is -0.135. The van der Waals surface area contributed by atoms with E-state index in [0.717, 1.165) is 6.07 Å². The van der Waals surface area contributed by atoms with Crippen molar-refractivity contribution in [3.63, 3.8) is 0 Å². The predicted octanol–water partition coefficient (Wildman–Crippen LogP) is 1.58. The molecule has 1 unspecified atom stereocenters. The van der Waals surface area contributed by atoms with Gasteiger partial charge in [0.15, 0.2) is 5.76 Å². The Morgan fingerprint density at radius 2 is 2.00 bits per heavy atom. The van der Waals surface area contributed by atoms with E-state index in [4.69, 9.17) is 13.9 Å². The van der Waals surface area contributed by atoms with Crippen LogP contribution in [0.25, 0.3) is 0 Å². The van der Waals surface area contributed by atoms with Gasteiger partial charge in [-0.15, -0.1) is 0 Å². The lowest BCUT2D eigenvalue weighted by Crippen LogP contribution is -2.41. The van der Waals surface area contributed by atoms with Gasteiger partial charge in [-0.25, -0.2) is 0 Å². The quantitative estimate of drug-likeness (QED) is 0.772. The van der Waals surface area contributed by atoms with E-state index >= 15 is 0 Å². The number of methoxy groups -OCH3 is 1. The number of rotatable bonds is 6. The molecular formula is C20H23NO7. The number of phenolic OH excluding ortho intramolecular Hbond substituents is 1. The third-order valence-corrected chi connectivity index (χ3v) is 4.62. The van der Waals surface area contributed by atoms with Crippen LogP contribution in [0.4, 0.5) is 0 Å². The number of carbonyl (C=O) groups is 1. The van der Waals surface area contributed by atoms with Crippen LogP contribution >= 0.6 is 0 Å². The molecule has 2 aromatic rings. The van der Waals surface area contributed by atoms with Crippen molar-refractivity contribution in [2.24, 2.45) is 0 Å². The molecule has 1 fully saturated rings. The van der Waals surface area contributed by atoms with E-state index in [-0.39, 0.29) is 36.2 Å². The molecule has 150 valence electrons. The highest BCUT2D eigenvalue weighted by Gasteiger charge is 2.29. The summed E-state index contributed by atoms with van der Waals surface area (Å²) < 4.78 is 16.0. The van der Waals surface area contributed by atoms with Gasteiger partial charge in [0.25, 0.3) is 0 Å². The van der Waals surface area contributed by atoms with Crippen molar-refractivity contribution >= 4 is 5.91 Å². The molecule has 1 saturated heterocycles. The Morgan fingerprint density at radius 1 is 1.25 bits per heavy atom. The summed E-state index contributed by atoms with van der Waals surface area (Å²) in [6.07, 6.45) is -0.0314. The monoisotopic (exact) mass is 389 g/mol. The van der Waals surface area contributed by atoms with Gasteiger partial charge in [-0.1, -0.05) is 12.1 Å². The van der Waals surface area contributed by atoms with E-state index in [9.17, 15) is 19.8 Å². The third kappa shape index (κ3) is 4.52. The molecule has 1 aliphatic rings. The fourth-order valence-electron chi connectivity index (χ4n) is 3.22. The molecule has 2 heterocycles. The zero-order chi connectivity index (χ0) is 20.1. The van der Waals surface area contributed by atoms with Crippen LogP contribution in [0.15, 0.2) is 39.5 Å². The number of carbonyl (C=O) groups excluding carboxylic acids is 1. The highest BCUT2D eigenvalue weighted by atomic mass is 16.5. The maximum Gasteiger partial charge on any atom is 0.227 e. The molecule has 0 saturated carbocycles. The van der Waals surface area contributed by atoms with Gasteiger partial charge >= 0.3 is 0 Å². The lowest BCUT2D eigenvalue weighted by Gasteiger charge is -2.28. The Kier molecular flexibility index (Phi) is 6.33. The Balaban J connectivity index is 2.01. The first-order valence-electron chi connectivity index (χ1n) is 8.99. The van der Waals surface area contributed by atoms with Crippen molar-refractivity contribution in [1.29, 1.82) is 0 Å². The van der Waals surface area contributed by atoms with E-state index in [2.05, 4.69) is 0 Å². The van der Waals surface area contributed by atoms with E-state index in [0.29, 0.717) is 31.9 Å². The molecule has 1 aliphatic heterocycles. The average Bonchev–Trinajstić information content (AvgIpc) is 2.69. The molecule has 2 N–H and O–H groups in total. The summed E-state index contributed by atoms with van der Waals surface area (Å²) in [5.41, 5.74) is -0.0631. The normalized spacial score (nSPS) is 15.4. The Labute approximate surface area is 161 Å². The first-order chi connectivity index (χ1) is 13.5. The van der Waals surface area contributed by atoms with Crippen molar-refractivity contribution in [1.82, 2.24) is 4.90 Å². The molecule has 0 aliphatic carbocycles. The largest absolute Gasteiger partial charge is 0.508 e. The van der Waals surface area contributed by atoms with Crippen LogP contribution < -0.4 is 5.43 Å². The second kappa shape index (κ2) is 8.90. The highest BCUT2D eigenvalue weighted by molar-refractivity contribution is 5.78. The Hall–Kier alpha value is -2.84. The second-order valence-corrected chi connectivity index (χ2v) is 6.57. The Bertz CT molecular complexity index is 886. The van der Waals surface area contributed by atoms with Crippen LogP contribution in [-0.4, -0.2) is 54.4 Å². The number of benzene rings is 1. The van der Waals surface area contributed by atoms with Crippen LogP contribution in [0.3, 0.4) is 0 Å². The second-order valence-electron chi connectivity index (χ2n) is 6.57. The summed E-state index contributed by atoms with van der Waals surface area (Å²) in [6, 6.07) is 7.48. The molecule has 28 heavy (non-hydrogen) atoms. The summed E-state index contributed by atoms with van der Waals surface area (Å²) in [6.45, 7) is 1.93. The summed E-state index contributed by atoms with van der Waals surface area (Å²) in [7, 11) is 1.46. The van der Waals surface area contributed by atoms with Gasteiger partial charge in [-0.3, -0.25) is 9.59 Å². The standard InChI is InChI=1S/C20H23NO7/c1-26-12-15-10-17(23)19(25)20(28-15)16(13-3-2-4-14(22)9-13)11-18(24)21-5-7-27-8-6-21/h2-4,9-10,16,22,25H,5-8,11-12H2,1H3. The molecule has 3 rings (SSSR count). The van der Waals surface area contributed by atoms with Gasteiger partial charge < -0.3 is 29.0 Å². The number of hydrogen-bond donors (Lipinski definition) is 2. The molecule has 1 aromatic heterocycles. The van der Waals surface area contributed by atoms with Crippen LogP contribution in [-0.2, 0) is 20.9 Å². The minimum Gasteiger partial charge on any atom is -0.508 e. The van der Waals surface area contributed by atoms with Crippen molar-refractivity contribution < 1.29 is 28.9 Å². The van der Waals surface area contributed by atoms with Gasteiger partial charge in [0, 0.05) is 32.7 Å². The van der Waals surface area contributed by atoms with Gasteiger partial charge in [0.1, 0.15) is 18.1 Å². The van der Waals surface area contributed by atoms with Gasteiger partial charge in [-0.05, 0) is 17.7 Å². The maximum atomic E-state index is 12.8. The number of phenols is 1. The minimum absolute atomic E-state index is 0.0104. The van der Waals surface area contributed by atoms with E-state index < -0.39 is 17.1 Å². The van der Waals surface area contributed by atoms with Crippen LogP contribution in [0.2, 0.25) is 0 Å². The average molecular weight is 389 g/mol. The Morgan fingerprint density at radius 3 is 2.68 bits per heavy atom. The van der Waals surface area contributed by atoms with E-state index in [1.165, 1.54) is 19.2 Å². The number of aromatic hydroxyl groups is 2. The van der Waals surface area contributed by atoms with E-state index in [1.54, 1.807) is 17.0 Å². The first-order valence-corrected chi connectivity index (χ1v) is 8.99. The molecule has 8 nitrogen and oxygen atoms in total. The predicted molar refractivity (Wildman–Crippen MR) is 99.3 cm³/mol. The molecule has 0 radical (unpaired) electrons. The molecule has 1 atom stereocenters. The maximum absolute atomic E-state index is 12.8. The molecule has 0 spiro atoms. The zero-order valence-corrected chi connectivity index (χ0v) is 15.6. The van der Waals surface area contributed by atoms with Gasteiger partial charge in [0.05, 0.1) is 19.1 Å². The van der Waals surface area contributed by atoms with Crippen molar-refractivity contribution in [3.8, 4) is 11.5 Å². The summed E-state index contributed by atoms with van der Waals surface area (Å²) in [5, 5.41) is 20.2. The minimum atomic E-state index is -0.744. The zero-order valence-electron chi connectivity index (χ0n) is 15.6. The summed E-state index contributed by atoms with van der Waals surface area (Å²) in [4.78, 5) is 26.7. The number of nitrogens with zero attached hydrogens (tertiary/aromatic N) is 1. The molecule has 0 bridgehead atoms. The smallest absolute Gasteiger partial charge is 0.227 e. The van der Waals surface area contributed by atoms with Crippen molar-refractivity contribution in [2.45, 2.75) is 18.9 Å². The SMILES string of the molecule is COCc1cc(=O)c(O)c(C(CC(=O)N2CCOCC2)c2cccc(O)c2)o1. The first kappa shape index (κ1) is 19.9. The van der Waals surface area contributed by atoms with Gasteiger partial charge in [-0.2, -0.15) is 0 Å². The van der Waals surface area contributed by atoms with Gasteiger partial charge in [0.2, 0.25) is 17.1 Å². The highest BCUT2D eigenvalue weighted by Crippen LogP contribution is 2.35. The summed E-state index contributed by atoms with van der Waals surface area (Å²) in [5.74, 6) is -1.22. The topological polar surface area (TPSA) is 109 Å². The van der Waals surface area contributed by atoms with Crippen molar-refractivity contribution in [3.05, 3.63) is 57.6 Å². The molecule has 1 aromatic carbocycles. The lowest BCUT2D eigenvalue weighted by atomic mass is 9.91. The fraction of sp³-hybridized carbons (Fsp3) is 0.400. The fourth-order valence-corrected chi connectivity index (χ4v) is 3.22. The number of hydrogen-bond acceptors (Lipinski definition) is 7. The van der Waals surface area contributed by atoms with E-state index in [1.807, 2.05) is 0 Å². The molecular weight excluding hydrogens is 366 g/mol. The molecule has 8 heteroatoms. The third-order valence-electron chi connectivity index (χ3n) is 4.62. The number of ether oxygens (including phenoxy) is 2. The van der Waals surface area contributed by atoms with Crippen LogP contribution in [0.5, 0.6) is 11.5 Å². The van der Waals surface area contributed by atoms with Crippen molar-refractivity contribution in [2.75, 3.05) is 33.4 Å². The van der Waals surface area contributed by atoms with Crippen LogP contribution in [0, 0.1) is 0 Å². The summed E-state index contributed by atoms with van der Waals surface area (Å²) >= 11 is 0. The number of amides is 1. The van der Waals surface area contributed by atoms with Crippen LogP contribution in [0.1, 0.15) is 29.4 Å². The molecule has 1 amide bonds. The number of morpholine rings is 1.